The van der Waals surface area contributed by atoms with Crippen molar-refractivity contribution in [3.8, 4) is 22.5 Å². The highest BCUT2D eigenvalue weighted by atomic mass is 15.0. The molecule has 5 rings (SSSR count). The van der Waals surface area contributed by atoms with Gasteiger partial charge in [-0.15, -0.1) is 13.2 Å². The maximum absolute atomic E-state index is 3.48. The number of hydrogen-bond donors (Lipinski definition) is 0. The third-order valence-electron chi connectivity index (χ3n) is 8.11. The second-order valence-corrected chi connectivity index (χ2v) is 11.2. The van der Waals surface area contributed by atoms with Crippen LogP contribution in [0.4, 0.5) is 0 Å². The molecule has 52 heavy (non-hydrogen) atoms. The van der Waals surface area contributed by atoms with E-state index in [4.69, 9.17) is 0 Å². The molecule has 2 nitrogen and oxygen atoms in total. The Kier molecular flexibility index (Phi) is 30.4. The summed E-state index contributed by atoms with van der Waals surface area (Å²) < 4.78 is 4.69. The second-order valence-electron chi connectivity index (χ2n) is 11.2. The van der Waals surface area contributed by atoms with Crippen LogP contribution >= 0.6 is 0 Å². The summed E-state index contributed by atoms with van der Waals surface area (Å²) in [6, 6.07) is 22.4. The lowest BCUT2D eigenvalue weighted by atomic mass is 9.95. The van der Waals surface area contributed by atoms with Crippen LogP contribution in [0.15, 0.2) is 104 Å². The van der Waals surface area contributed by atoms with Crippen molar-refractivity contribution in [1.29, 1.82) is 0 Å². The zero-order chi connectivity index (χ0) is 41.0. The number of allylic oxidation sites excluding steroid dienone is 4. The van der Waals surface area contributed by atoms with Gasteiger partial charge in [-0.1, -0.05) is 117 Å². The average Bonchev–Trinajstić information content (AvgIpc) is 3.60. The molecule has 2 heterocycles. The van der Waals surface area contributed by atoms with Crippen LogP contribution in [-0.2, 0) is 0 Å². The van der Waals surface area contributed by atoms with E-state index in [9.17, 15) is 0 Å². The molecule has 0 unspecified atom stereocenters. The van der Waals surface area contributed by atoms with Crippen molar-refractivity contribution >= 4 is 10.9 Å². The van der Waals surface area contributed by atoms with Crippen LogP contribution < -0.4 is 0 Å². The fourth-order valence-corrected chi connectivity index (χ4v) is 5.17. The molecule has 2 heteroatoms. The molecule has 0 amide bonds. The highest BCUT2D eigenvalue weighted by Gasteiger charge is 2.14. The first-order valence-corrected chi connectivity index (χ1v) is 19.7. The Hall–Kier alpha value is -4.30. The lowest BCUT2D eigenvalue weighted by Crippen LogP contribution is -1.99. The highest BCUT2D eigenvalue weighted by molar-refractivity contribution is 5.87. The van der Waals surface area contributed by atoms with Gasteiger partial charge in [0.1, 0.15) is 0 Å². The molecule has 0 N–H and O–H groups in total. The van der Waals surface area contributed by atoms with E-state index in [-0.39, 0.29) is 0 Å². The lowest BCUT2D eigenvalue weighted by molar-refractivity contribution is 1.00. The van der Waals surface area contributed by atoms with Crippen LogP contribution in [0.2, 0.25) is 0 Å². The van der Waals surface area contributed by atoms with Crippen LogP contribution in [0.3, 0.4) is 0 Å². The molecule has 2 aromatic heterocycles. The van der Waals surface area contributed by atoms with Crippen LogP contribution in [-0.4, -0.2) is 9.13 Å². The standard InChI is InChI=1S/C31H32N2.2C4H8.C3H6.4C2H6/c1-19-16-26(32-18-21(3)22(4)24(32)6)12-14-28(19)29-15-13-27(17-20(29)2)33-25(7)23(5)30-10-8-9-11-31(30)33;2*1-3-4-2;1-3-2;4*1-2/h8-18H,1-7H3;3-4H,1-2H3;3H,1,4H2,2H3;3H,1H2,2H3;4*1-2H3/b;4-3-;;;;;;. The van der Waals surface area contributed by atoms with Crippen molar-refractivity contribution in [2.45, 2.75) is 138 Å². The van der Waals surface area contributed by atoms with Gasteiger partial charge in [0.05, 0.1) is 5.52 Å². The Morgan fingerprint density at radius 1 is 0.558 bits per heavy atom. The van der Waals surface area contributed by atoms with E-state index >= 15 is 0 Å². The summed E-state index contributed by atoms with van der Waals surface area (Å²) in [7, 11) is 0. The number of aryl methyl sites for hydroxylation is 4. The first-order chi connectivity index (χ1) is 25.0. The van der Waals surface area contributed by atoms with Crippen molar-refractivity contribution < 1.29 is 0 Å². The van der Waals surface area contributed by atoms with Crippen molar-refractivity contribution in [2.24, 2.45) is 0 Å². The molecule has 0 aliphatic heterocycles. The van der Waals surface area contributed by atoms with Crippen LogP contribution in [0.5, 0.6) is 0 Å². The quantitative estimate of drug-likeness (QED) is 0.165. The van der Waals surface area contributed by atoms with Gasteiger partial charge in [0.25, 0.3) is 0 Å². The minimum absolute atomic E-state index is 1.08. The molecule has 0 atom stereocenters. The summed E-state index contributed by atoms with van der Waals surface area (Å²) >= 11 is 0. The molecular weight excluding hydrogens is 629 g/mol. The fourth-order valence-electron chi connectivity index (χ4n) is 5.17. The predicted molar refractivity (Wildman–Crippen MR) is 243 cm³/mol. The van der Waals surface area contributed by atoms with Gasteiger partial charge >= 0.3 is 0 Å². The maximum atomic E-state index is 3.48. The van der Waals surface area contributed by atoms with E-state index in [1.54, 1.807) is 6.08 Å². The average molecular weight is 707 g/mol. The molecule has 0 radical (unpaired) electrons. The van der Waals surface area contributed by atoms with Gasteiger partial charge in [0, 0.05) is 34.3 Å². The summed E-state index contributed by atoms with van der Waals surface area (Å²) in [4.78, 5) is 0. The van der Waals surface area contributed by atoms with Gasteiger partial charge in [0.2, 0.25) is 0 Å². The van der Waals surface area contributed by atoms with Gasteiger partial charge in [-0.2, -0.15) is 0 Å². The first-order valence-electron chi connectivity index (χ1n) is 19.7. The molecule has 3 aromatic carbocycles. The van der Waals surface area contributed by atoms with E-state index < -0.39 is 0 Å². The van der Waals surface area contributed by atoms with E-state index in [2.05, 4.69) is 145 Å². The minimum Gasteiger partial charge on any atom is -0.321 e. The van der Waals surface area contributed by atoms with Crippen LogP contribution in [0.25, 0.3) is 33.4 Å². The lowest BCUT2D eigenvalue weighted by Gasteiger charge is -2.16. The van der Waals surface area contributed by atoms with E-state index in [0.29, 0.717) is 0 Å². The number of nitrogens with zero attached hydrogens (tertiary/aromatic N) is 2. The van der Waals surface area contributed by atoms with Gasteiger partial charge in [-0.05, 0) is 145 Å². The Bertz CT molecular complexity index is 1720. The number of fused-ring (bicyclic) bond motifs is 1. The van der Waals surface area contributed by atoms with E-state index in [0.717, 1.165) is 6.42 Å². The number of hydrogen-bond acceptors (Lipinski definition) is 0. The number of benzene rings is 3. The molecule has 0 saturated heterocycles. The number of rotatable bonds is 4. The Morgan fingerprint density at radius 3 is 1.37 bits per heavy atom. The third kappa shape index (κ3) is 14.7. The molecular formula is C50H78N2. The van der Waals surface area contributed by atoms with Crippen molar-refractivity contribution in [2.75, 3.05) is 0 Å². The molecule has 0 fully saturated rings. The summed E-state index contributed by atoms with van der Waals surface area (Å²) in [5, 5.41) is 1.33. The Balaban J connectivity index is -0.00000107. The zero-order valence-corrected chi connectivity index (χ0v) is 37.2. The molecule has 288 valence electrons. The van der Waals surface area contributed by atoms with Crippen LogP contribution in [0.1, 0.15) is 129 Å². The van der Waals surface area contributed by atoms with E-state index in [1.807, 2.05) is 94.4 Å². The molecule has 0 saturated carbocycles. The predicted octanol–water partition coefficient (Wildman–Crippen LogP) is 16.7. The molecule has 5 aromatic rings. The zero-order valence-electron chi connectivity index (χ0n) is 37.2. The second kappa shape index (κ2) is 30.3. The summed E-state index contributed by atoms with van der Waals surface area (Å²) in [5.74, 6) is 0. The monoisotopic (exact) mass is 707 g/mol. The number of para-hydroxylation sites is 1. The summed E-state index contributed by atoms with van der Waals surface area (Å²) in [6.07, 6.45) is 10.9. The third-order valence-corrected chi connectivity index (χ3v) is 8.11. The Morgan fingerprint density at radius 2 is 0.981 bits per heavy atom. The minimum atomic E-state index is 1.08. The molecule has 0 spiro atoms. The number of aromatic nitrogens is 2. The molecule has 0 bridgehead atoms. The molecule has 0 aliphatic carbocycles. The van der Waals surface area contributed by atoms with Crippen LogP contribution in [0, 0.1) is 48.5 Å². The van der Waals surface area contributed by atoms with Crippen molar-refractivity contribution in [1.82, 2.24) is 9.13 Å². The van der Waals surface area contributed by atoms with Crippen molar-refractivity contribution in [3.63, 3.8) is 0 Å². The Labute approximate surface area is 323 Å². The largest absolute Gasteiger partial charge is 0.321 e. The maximum Gasteiger partial charge on any atom is 0.0534 e. The first kappa shape index (κ1) is 52.1. The van der Waals surface area contributed by atoms with Gasteiger partial charge < -0.3 is 9.13 Å². The smallest absolute Gasteiger partial charge is 0.0534 e. The fraction of sp³-hybridized carbons (Fsp3) is 0.400. The summed E-state index contributed by atoms with van der Waals surface area (Å²) in [6.45, 7) is 46.3. The van der Waals surface area contributed by atoms with Gasteiger partial charge in [0.15, 0.2) is 0 Å². The highest BCUT2D eigenvalue weighted by Crippen LogP contribution is 2.33. The van der Waals surface area contributed by atoms with Crippen molar-refractivity contribution in [3.05, 3.63) is 144 Å². The van der Waals surface area contributed by atoms with Gasteiger partial charge in [-0.3, -0.25) is 0 Å². The van der Waals surface area contributed by atoms with E-state index in [1.165, 1.54) is 72.6 Å². The molecule has 0 aliphatic rings. The topological polar surface area (TPSA) is 9.86 Å². The summed E-state index contributed by atoms with van der Waals surface area (Å²) in [5.41, 5.74) is 15.6. The van der Waals surface area contributed by atoms with Gasteiger partial charge in [-0.25, -0.2) is 0 Å². The SMILES string of the molecule is C/C=C\C.C=CC.C=CCC.CC.CC.CC.CC.Cc1cc(-n2cc(C)c(C)c2C)ccc1-c1ccc(-n2c(C)c(C)c3ccccc32)cc1C. The normalized spacial score (nSPS) is 9.21.